The van der Waals surface area contributed by atoms with Gasteiger partial charge in [0, 0.05) is 12.1 Å². The third-order valence-corrected chi connectivity index (χ3v) is 3.12. The van der Waals surface area contributed by atoms with E-state index in [9.17, 15) is 9.59 Å². The van der Waals surface area contributed by atoms with Gasteiger partial charge < -0.3 is 15.4 Å². The summed E-state index contributed by atoms with van der Waals surface area (Å²) in [5.74, 6) is -0.386. The fraction of sp³-hybridized carbons (Fsp3) is 0.385. The van der Waals surface area contributed by atoms with Crippen LogP contribution in [0.1, 0.15) is 24.2 Å². The maximum atomic E-state index is 12.0. The second-order valence-electron chi connectivity index (χ2n) is 4.06. The maximum absolute atomic E-state index is 12.0. The smallest absolute Gasteiger partial charge is 0.252 e. The molecule has 0 spiro atoms. The molecule has 0 fully saturated rings. The molecule has 1 rings (SSSR count). The van der Waals surface area contributed by atoms with Crippen molar-refractivity contribution in [3.05, 3.63) is 27.7 Å². The van der Waals surface area contributed by atoms with Gasteiger partial charge in [-0.3, -0.25) is 9.59 Å². The standard InChI is InChI=1S/C13H16Cl2N2O3/c1-4-16-12(18)7(2)17-13(19)8-5-9(14)11(20-3)10(15)6-8/h5-7H,4H2,1-3H3,(H,16,18)(H,17,19)/t7-/m0/s1. The van der Waals surface area contributed by atoms with Gasteiger partial charge in [-0.1, -0.05) is 23.2 Å². The lowest BCUT2D eigenvalue weighted by atomic mass is 10.2. The summed E-state index contributed by atoms with van der Waals surface area (Å²) in [5.41, 5.74) is 0.261. The van der Waals surface area contributed by atoms with Crippen LogP contribution in [0.4, 0.5) is 0 Å². The van der Waals surface area contributed by atoms with Gasteiger partial charge in [0.15, 0.2) is 5.75 Å². The minimum absolute atomic E-state index is 0.232. The summed E-state index contributed by atoms with van der Waals surface area (Å²) in [6, 6.07) is 2.22. The van der Waals surface area contributed by atoms with Crippen molar-refractivity contribution in [1.82, 2.24) is 10.6 Å². The van der Waals surface area contributed by atoms with E-state index < -0.39 is 11.9 Å². The molecule has 1 aromatic carbocycles. The van der Waals surface area contributed by atoms with Crippen molar-refractivity contribution < 1.29 is 14.3 Å². The molecule has 1 aromatic rings. The first-order chi connectivity index (χ1) is 9.40. The molecule has 0 bridgehead atoms. The first-order valence-corrected chi connectivity index (χ1v) is 6.77. The van der Waals surface area contributed by atoms with Gasteiger partial charge in [0.1, 0.15) is 6.04 Å². The van der Waals surface area contributed by atoms with Gasteiger partial charge >= 0.3 is 0 Å². The van der Waals surface area contributed by atoms with E-state index in [1.54, 1.807) is 13.8 Å². The fourth-order valence-electron chi connectivity index (χ4n) is 1.56. The molecule has 0 aliphatic heterocycles. The summed E-state index contributed by atoms with van der Waals surface area (Å²) in [5, 5.41) is 5.65. The van der Waals surface area contributed by atoms with Gasteiger partial charge in [0.25, 0.3) is 5.91 Å². The summed E-state index contributed by atoms with van der Waals surface area (Å²) in [6.07, 6.45) is 0. The quantitative estimate of drug-likeness (QED) is 0.875. The highest BCUT2D eigenvalue weighted by molar-refractivity contribution is 6.37. The molecular weight excluding hydrogens is 303 g/mol. The molecule has 0 aliphatic rings. The summed E-state index contributed by atoms with van der Waals surface area (Å²) >= 11 is 11.9. The van der Waals surface area contributed by atoms with Crippen molar-refractivity contribution in [1.29, 1.82) is 0 Å². The largest absolute Gasteiger partial charge is 0.494 e. The van der Waals surface area contributed by atoms with Crippen LogP contribution in [-0.4, -0.2) is 31.5 Å². The zero-order valence-corrected chi connectivity index (χ0v) is 12.9. The number of carbonyl (C=O) groups is 2. The molecule has 0 aromatic heterocycles. The number of ether oxygens (including phenoxy) is 1. The zero-order chi connectivity index (χ0) is 15.3. The van der Waals surface area contributed by atoms with E-state index in [1.165, 1.54) is 19.2 Å². The molecular formula is C13H16Cl2N2O3. The van der Waals surface area contributed by atoms with E-state index in [4.69, 9.17) is 27.9 Å². The normalized spacial score (nSPS) is 11.7. The average Bonchev–Trinajstić information content (AvgIpc) is 2.38. The SMILES string of the molecule is CCNC(=O)[C@H](C)NC(=O)c1cc(Cl)c(OC)c(Cl)c1. The van der Waals surface area contributed by atoms with Crippen molar-refractivity contribution in [2.24, 2.45) is 0 Å². The molecule has 0 heterocycles. The van der Waals surface area contributed by atoms with Gasteiger partial charge in [0.05, 0.1) is 17.2 Å². The van der Waals surface area contributed by atoms with Gasteiger partial charge in [-0.25, -0.2) is 0 Å². The summed E-state index contributed by atoms with van der Waals surface area (Å²) in [6.45, 7) is 3.89. The van der Waals surface area contributed by atoms with Gasteiger partial charge in [-0.05, 0) is 26.0 Å². The van der Waals surface area contributed by atoms with Gasteiger partial charge in [-0.2, -0.15) is 0 Å². The molecule has 110 valence electrons. The zero-order valence-electron chi connectivity index (χ0n) is 11.4. The lowest BCUT2D eigenvalue weighted by molar-refractivity contribution is -0.122. The molecule has 5 nitrogen and oxygen atoms in total. The summed E-state index contributed by atoms with van der Waals surface area (Å²) in [4.78, 5) is 23.6. The van der Waals surface area contributed by atoms with E-state index >= 15 is 0 Å². The molecule has 20 heavy (non-hydrogen) atoms. The molecule has 0 saturated carbocycles. The Kier molecular flexibility index (Phi) is 6.10. The van der Waals surface area contributed by atoms with E-state index in [1.807, 2.05) is 0 Å². The topological polar surface area (TPSA) is 67.4 Å². The third-order valence-electron chi connectivity index (χ3n) is 2.56. The van der Waals surface area contributed by atoms with Crippen molar-refractivity contribution >= 4 is 35.0 Å². The number of methoxy groups -OCH3 is 1. The number of benzene rings is 1. The van der Waals surface area contributed by atoms with Crippen LogP contribution in [-0.2, 0) is 4.79 Å². The summed E-state index contributed by atoms with van der Waals surface area (Å²) in [7, 11) is 1.43. The Bertz CT molecular complexity index is 497. The molecule has 2 amide bonds. The summed E-state index contributed by atoms with van der Waals surface area (Å²) < 4.78 is 5.00. The number of carbonyl (C=O) groups excluding carboxylic acids is 2. The fourth-order valence-corrected chi connectivity index (χ4v) is 2.20. The molecule has 0 unspecified atom stereocenters. The Morgan fingerprint density at radius 3 is 2.30 bits per heavy atom. The van der Waals surface area contributed by atoms with Crippen LogP contribution in [0.2, 0.25) is 10.0 Å². The van der Waals surface area contributed by atoms with Gasteiger partial charge in [-0.15, -0.1) is 0 Å². The molecule has 0 radical (unpaired) electrons. The molecule has 7 heteroatoms. The Morgan fingerprint density at radius 1 is 1.30 bits per heavy atom. The first kappa shape index (κ1) is 16.6. The van der Waals surface area contributed by atoms with Crippen LogP contribution in [0.5, 0.6) is 5.75 Å². The Morgan fingerprint density at radius 2 is 1.85 bits per heavy atom. The van der Waals surface area contributed by atoms with E-state index in [0.717, 1.165) is 0 Å². The first-order valence-electron chi connectivity index (χ1n) is 6.02. The Labute approximate surface area is 127 Å². The van der Waals surface area contributed by atoms with Crippen LogP contribution in [0, 0.1) is 0 Å². The number of nitrogens with one attached hydrogen (secondary N) is 2. The number of likely N-dealkylation sites (N-methyl/N-ethyl adjacent to an activating group) is 1. The third kappa shape index (κ3) is 4.02. The molecule has 1 atom stereocenters. The highest BCUT2D eigenvalue weighted by Gasteiger charge is 2.18. The van der Waals surface area contributed by atoms with Gasteiger partial charge in [0.2, 0.25) is 5.91 Å². The van der Waals surface area contributed by atoms with E-state index in [0.29, 0.717) is 12.3 Å². The van der Waals surface area contributed by atoms with E-state index in [-0.39, 0.29) is 21.5 Å². The number of hydrogen-bond donors (Lipinski definition) is 2. The van der Waals surface area contributed by atoms with Crippen LogP contribution >= 0.6 is 23.2 Å². The molecule has 0 saturated heterocycles. The maximum Gasteiger partial charge on any atom is 0.252 e. The number of halogens is 2. The van der Waals surface area contributed by atoms with Crippen molar-refractivity contribution in [3.8, 4) is 5.75 Å². The minimum Gasteiger partial charge on any atom is -0.494 e. The lowest BCUT2D eigenvalue weighted by Gasteiger charge is -2.14. The van der Waals surface area contributed by atoms with Crippen LogP contribution in [0.25, 0.3) is 0 Å². The predicted octanol–water partition coefficient (Wildman–Crippen LogP) is 2.26. The molecule has 2 N–H and O–H groups in total. The second kappa shape index (κ2) is 7.36. The van der Waals surface area contributed by atoms with Crippen LogP contribution < -0.4 is 15.4 Å². The Hall–Kier alpha value is -1.46. The predicted molar refractivity (Wildman–Crippen MR) is 78.6 cm³/mol. The number of amides is 2. The van der Waals surface area contributed by atoms with Crippen molar-refractivity contribution in [2.45, 2.75) is 19.9 Å². The Balaban J connectivity index is 2.86. The highest BCUT2D eigenvalue weighted by Crippen LogP contribution is 2.33. The lowest BCUT2D eigenvalue weighted by Crippen LogP contribution is -2.44. The number of rotatable bonds is 5. The minimum atomic E-state index is -0.651. The van der Waals surface area contributed by atoms with Crippen LogP contribution in [0.3, 0.4) is 0 Å². The van der Waals surface area contributed by atoms with E-state index in [2.05, 4.69) is 10.6 Å². The highest BCUT2D eigenvalue weighted by atomic mass is 35.5. The van der Waals surface area contributed by atoms with Crippen molar-refractivity contribution in [3.63, 3.8) is 0 Å². The van der Waals surface area contributed by atoms with Crippen molar-refractivity contribution in [2.75, 3.05) is 13.7 Å². The molecule has 0 aliphatic carbocycles. The van der Waals surface area contributed by atoms with Crippen LogP contribution in [0.15, 0.2) is 12.1 Å². The average molecular weight is 319 g/mol. The monoisotopic (exact) mass is 318 g/mol. The number of hydrogen-bond acceptors (Lipinski definition) is 3. The second-order valence-corrected chi connectivity index (χ2v) is 4.88.